The number of benzene rings is 3. The lowest BCUT2D eigenvalue weighted by atomic mass is 10.1. The van der Waals surface area contributed by atoms with Gasteiger partial charge in [-0.1, -0.05) is 6.07 Å². The van der Waals surface area contributed by atoms with Crippen molar-refractivity contribution in [2.45, 2.75) is 6.18 Å². The lowest BCUT2D eigenvalue weighted by Gasteiger charge is -2.34. The van der Waals surface area contributed by atoms with Crippen molar-refractivity contribution < 1.29 is 22.7 Å². The molecular formula is C34H30F3N7O2. The number of rotatable bonds is 8. The summed E-state index contributed by atoms with van der Waals surface area (Å²) in [5, 5.41) is 5.76. The molecular weight excluding hydrogens is 595 g/mol. The zero-order chi connectivity index (χ0) is 32.1. The Kier molecular flexibility index (Phi) is 8.79. The van der Waals surface area contributed by atoms with Gasteiger partial charge in [-0.3, -0.25) is 4.79 Å². The van der Waals surface area contributed by atoms with Crippen LogP contribution in [0.4, 0.5) is 36.2 Å². The van der Waals surface area contributed by atoms with Gasteiger partial charge >= 0.3 is 6.18 Å². The van der Waals surface area contributed by atoms with Crippen molar-refractivity contribution in [3.63, 3.8) is 0 Å². The first-order valence-electron chi connectivity index (χ1n) is 14.6. The van der Waals surface area contributed by atoms with Crippen molar-refractivity contribution in [2.24, 2.45) is 0 Å². The number of nitrogens with zero attached hydrogens (tertiary/aromatic N) is 5. The number of carbonyl (C=O) groups excluding carboxylic acids is 1. The molecule has 0 atom stereocenters. The molecule has 0 bridgehead atoms. The molecule has 0 spiro atoms. The molecule has 1 amide bonds. The molecule has 1 saturated heterocycles. The zero-order valence-electron chi connectivity index (χ0n) is 24.8. The normalized spacial score (nSPS) is 13.7. The summed E-state index contributed by atoms with van der Waals surface area (Å²) >= 11 is 0. The van der Waals surface area contributed by atoms with Crippen molar-refractivity contribution in [3.8, 4) is 22.9 Å². The summed E-state index contributed by atoms with van der Waals surface area (Å²) in [6.07, 6.45) is -1.26. The summed E-state index contributed by atoms with van der Waals surface area (Å²) in [7, 11) is 2.14. The average molecular weight is 626 g/mol. The molecule has 9 nitrogen and oxygen atoms in total. The Hall–Kier alpha value is -5.49. The molecule has 0 radical (unpaired) electrons. The number of hydrogen-bond donors (Lipinski definition) is 2. The average Bonchev–Trinajstić information content (AvgIpc) is 3.06. The molecule has 1 aliphatic heterocycles. The van der Waals surface area contributed by atoms with E-state index in [4.69, 9.17) is 4.74 Å². The molecule has 234 valence electrons. The lowest BCUT2D eigenvalue weighted by Crippen LogP contribution is -2.44. The van der Waals surface area contributed by atoms with Crippen LogP contribution < -0.4 is 20.3 Å². The Balaban J connectivity index is 1.12. The molecule has 0 unspecified atom stereocenters. The third-order valence-electron chi connectivity index (χ3n) is 7.47. The summed E-state index contributed by atoms with van der Waals surface area (Å²) < 4.78 is 45.1. The molecule has 1 aliphatic rings. The van der Waals surface area contributed by atoms with Gasteiger partial charge in [-0.15, -0.1) is 0 Å². The summed E-state index contributed by atoms with van der Waals surface area (Å²) in [5.41, 5.74) is 2.69. The number of anilines is 4. The fourth-order valence-corrected chi connectivity index (χ4v) is 4.95. The van der Waals surface area contributed by atoms with Gasteiger partial charge in [0.15, 0.2) is 0 Å². The highest BCUT2D eigenvalue weighted by Gasteiger charge is 2.30. The predicted octanol–water partition coefficient (Wildman–Crippen LogP) is 7.10. The number of aromatic nitrogens is 3. The molecule has 2 aromatic heterocycles. The first kappa shape index (κ1) is 30.5. The highest BCUT2D eigenvalue weighted by Crippen LogP contribution is 2.32. The van der Waals surface area contributed by atoms with E-state index in [2.05, 4.69) is 54.6 Å². The number of alkyl halides is 3. The maximum atomic E-state index is 13.0. The van der Waals surface area contributed by atoms with Crippen molar-refractivity contribution in [1.82, 2.24) is 19.9 Å². The van der Waals surface area contributed by atoms with E-state index in [-0.39, 0.29) is 11.3 Å². The monoisotopic (exact) mass is 625 g/mol. The number of hydrogen-bond acceptors (Lipinski definition) is 8. The SMILES string of the molecule is CN1CCN(c2ccc(Nc3nccc(-c4cccnc4Oc4ccc(C(=O)Nc5cccc(C(F)(F)F)c5)cc4)n3)cc2)CC1. The highest BCUT2D eigenvalue weighted by atomic mass is 19.4. The molecule has 12 heteroatoms. The Morgan fingerprint density at radius 3 is 2.33 bits per heavy atom. The highest BCUT2D eigenvalue weighted by molar-refractivity contribution is 6.04. The number of piperazine rings is 1. The van der Waals surface area contributed by atoms with Crippen LogP contribution in [-0.4, -0.2) is 59.0 Å². The fraction of sp³-hybridized carbons (Fsp3) is 0.176. The summed E-state index contributed by atoms with van der Waals surface area (Å²) in [6, 6.07) is 24.2. The van der Waals surface area contributed by atoms with Crippen LogP contribution in [0.5, 0.6) is 11.6 Å². The minimum absolute atomic E-state index is 0.0414. The van der Waals surface area contributed by atoms with E-state index in [0.29, 0.717) is 28.8 Å². The second kappa shape index (κ2) is 13.2. The first-order valence-corrected chi connectivity index (χ1v) is 14.6. The largest absolute Gasteiger partial charge is 0.438 e. The lowest BCUT2D eigenvalue weighted by molar-refractivity contribution is -0.137. The molecule has 0 aliphatic carbocycles. The van der Waals surface area contributed by atoms with Crippen LogP contribution in [0, 0.1) is 0 Å². The second-order valence-corrected chi connectivity index (χ2v) is 10.7. The number of amides is 1. The van der Waals surface area contributed by atoms with Crippen LogP contribution in [0.1, 0.15) is 15.9 Å². The van der Waals surface area contributed by atoms with E-state index in [9.17, 15) is 18.0 Å². The van der Waals surface area contributed by atoms with Crippen molar-refractivity contribution >= 4 is 28.9 Å². The van der Waals surface area contributed by atoms with E-state index in [1.807, 2.05) is 18.2 Å². The van der Waals surface area contributed by atoms with Gasteiger partial charge in [-0.25, -0.2) is 15.0 Å². The van der Waals surface area contributed by atoms with Crippen LogP contribution >= 0.6 is 0 Å². The zero-order valence-corrected chi connectivity index (χ0v) is 24.8. The minimum atomic E-state index is -4.51. The Morgan fingerprint density at radius 1 is 0.826 bits per heavy atom. The molecule has 6 rings (SSSR count). The molecule has 46 heavy (non-hydrogen) atoms. The topological polar surface area (TPSA) is 95.5 Å². The van der Waals surface area contributed by atoms with Gasteiger partial charge in [0, 0.05) is 61.2 Å². The van der Waals surface area contributed by atoms with Crippen LogP contribution in [0.3, 0.4) is 0 Å². The van der Waals surface area contributed by atoms with Gasteiger partial charge in [-0.2, -0.15) is 13.2 Å². The molecule has 1 fully saturated rings. The maximum absolute atomic E-state index is 13.0. The number of likely N-dealkylation sites (N-methyl/N-ethyl adjacent to an activating group) is 1. The number of ether oxygens (including phenoxy) is 1. The Labute approximate surface area is 263 Å². The standard InChI is InChI=1S/C34H30F3N7O2/c1-43-18-20-44(21-19-43)27-11-9-25(10-12-27)41-33-39-17-15-30(42-33)29-6-3-16-38-32(29)46-28-13-7-23(8-14-28)31(45)40-26-5-2-4-24(22-26)34(35,36)37/h2-17,22H,18-21H2,1H3,(H,40,45)(H,39,41,42). The Morgan fingerprint density at radius 2 is 1.59 bits per heavy atom. The quantitative estimate of drug-likeness (QED) is 0.189. The number of halogens is 3. The minimum Gasteiger partial charge on any atom is -0.438 e. The first-order chi connectivity index (χ1) is 22.2. The predicted molar refractivity (Wildman–Crippen MR) is 171 cm³/mol. The smallest absolute Gasteiger partial charge is 0.416 e. The van der Waals surface area contributed by atoms with Gasteiger partial charge in [0.05, 0.1) is 16.8 Å². The van der Waals surface area contributed by atoms with Gasteiger partial charge in [0.25, 0.3) is 5.91 Å². The third kappa shape index (κ3) is 7.41. The summed E-state index contributed by atoms with van der Waals surface area (Å²) in [6.45, 7) is 4.06. The summed E-state index contributed by atoms with van der Waals surface area (Å²) in [5.74, 6) is 0.559. The van der Waals surface area contributed by atoms with Gasteiger partial charge < -0.3 is 25.2 Å². The van der Waals surface area contributed by atoms with Crippen LogP contribution in [0.25, 0.3) is 11.3 Å². The maximum Gasteiger partial charge on any atom is 0.416 e. The molecule has 3 aromatic carbocycles. The van der Waals surface area contributed by atoms with Gasteiger partial charge in [0.1, 0.15) is 5.75 Å². The van der Waals surface area contributed by atoms with Crippen molar-refractivity contribution in [2.75, 3.05) is 48.8 Å². The molecule has 5 aromatic rings. The molecule has 3 heterocycles. The fourth-order valence-electron chi connectivity index (χ4n) is 4.95. The van der Waals surface area contributed by atoms with E-state index < -0.39 is 17.6 Å². The summed E-state index contributed by atoms with van der Waals surface area (Å²) in [4.78, 5) is 30.8. The van der Waals surface area contributed by atoms with E-state index >= 15 is 0 Å². The van der Waals surface area contributed by atoms with E-state index in [1.54, 1.807) is 36.7 Å². The van der Waals surface area contributed by atoms with E-state index in [0.717, 1.165) is 44.0 Å². The van der Waals surface area contributed by atoms with Crippen LogP contribution in [0.2, 0.25) is 0 Å². The molecule has 2 N–H and O–H groups in total. The van der Waals surface area contributed by atoms with Crippen LogP contribution in [-0.2, 0) is 6.18 Å². The van der Waals surface area contributed by atoms with Crippen LogP contribution in [0.15, 0.2) is 103 Å². The van der Waals surface area contributed by atoms with Crippen molar-refractivity contribution in [1.29, 1.82) is 0 Å². The van der Waals surface area contributed by atoms with Gasteiger partial charge in [0.2, 0.25) is 11.8 Å². The Bertz CT molecular complexity index is 1810. The third-order valence-corrected chi connectivity index (χ3v) is 7.47. The molecule has 0 saturated carbocycles. The number of carbonyl (C=O) groups is 1. The van der Waals surface area contributed by atoms with E-state index in [1.165, 1.54) is 30.0 Å². The number of nitrogens with one attached hydrogen (secondary N) is 2. The second-order valence-electron chi connectivity index (χ2n) is 10.7. The van der Waals surface area contributed by atoms with Crippen molar-refractivity contribution in [3.05, 3.63) is 115 Å². The van der Waals surface area contributed by atoms with Gasteiger partial charge in [-0.05, 0) is 92.0 Å². The number of pyridine rings is 1.